The van der Waals surface area contributed by atoms with Gasteiger partial charge in [-0.3, -0.25) is 4.79 Å². The molecule has 0 atom stereocenters. The molecule has 1 aromatic rings. The number of nitrogens with one attached hydrogen (secondary N) is 1. The lowest BCUT2D eigenvalue weighted by Gasteiger charge is -2.40. The van der Waals surface area contributed by atoms with Gasteiger partial charge in [-0.1, -0.05) is 12.1 Å². The smallest absolute Gasteiger partial charge is 0.244 e. The van der Waals surface area contributed by atoms with Crippen LogP contribution in [0.25, 0.3) is 0 Å². The lowest BCUT2D eigenvalue weighted by molar-refractivity contribution is -0.131. The molecule has 7 heteroatoms. The maximum atomic E-state index is 12.9. The van der Waals surface area contributed by atoms with Crippen LogP contribution in [0.5, 0.6) is 0 Å². The van der Waals surface area contributed by atoms with Gasteiger partial charge in [0.25, 0.3) is 0 Å². The number of nitrogens with two attached hydrogens (primary N) is 1. The topological polar surface area (TPSA) is 92.5 Å². The van der Waals surface area contributed by atoms with Gasteiger partial charge in [-0.15, -0.1) is 0 Å². The van der Waals surface area contributed by atoms with Crippen molar-refractivity contribution in [2.45, 2.75) is 37.8 Å². The Hall–Kier alpha value is -1.44. The predicted molar refractivity (Wildman–Crippen MR) is 80.1 cm³/mol. The molecule has 0 unspecified atom stereocenters. The van der Waals surface area contributed by atoms with E-state index in [1.165, 1.54) is 4.31 Å². The average Bonchev–Trinajstić information content (AvgIpc) is 2.41. The van der Waals surface area contributed by atoms with Gasteiger partial charge >= 0.3 is 0 Å². The summed E-state index contributed by atoms with van der Waals surface area (Å²) in [6.45, 7) is 5.91. The summed E-state index contributed by atoms with van der Waals surface area (Å²) in [5.41, 5.74) is 5.98. The maximum absolute atomic E-state index is 12.9. The van der Waals surface area contributed by atoms with Crippen molar-refractivity contribution in [2.75, 3.05) is 13.1 Å². The molecule has 0 bridgehead atoms. The number of rotatable bonds is 3. The highest BCUT2D eigenvalue weighted by Crippen LogP contribution is 2.28. The van der Waals surface area contributed by atoms with Crippen molar-refractivity contribution in [2.24, 2.45) is 5.73 Å². The number of carbonyl (C=O) groups excluding carboxylic acids is 1. The first-order valence-electron chi connectivity index (χ1n) is 6.82. The van der Waals surface area contributed by atoms with Crippen LogP contribution in [-0.2, 0) is 21.4 Å². The fourth-order valence-electron chi connectivity index (χ4n) is 2.55. The number of aryl methyl sites for hydroxylation is 1. The van der Waals surface area contributed by atoms with Crippen LogP contribution in [0.1, 0.15) is 25.0 Å². The summed E-state index contributed by atoms with van der Waals surface area (Å²) in [5, 5.41) is 2.70. The number of nitrogens with zero attached hydrogens (tertiary/aromatic N) is 1. The SMILES string of the molecule is Cc1cc(CN)ccc1S(=O)(=O)N1CCNC(=O)C1(C)C. The summed E-state index contributed by atoms with van der Waals surface area (Å²) in [5.74, 6) is -0.284. The van der Waals surface area contributed by atoms with Gasteiger partial charge in [-0.2, -0.15) is 4.31 Å². The molecule has 0 aromatic heterocycles. The van der Waals surface area contributed by atoms with Gasteiger partial charge in [0.05, 0.1) is 4.90 Å². The molecule has 1 fully saturated rings. The van der Waals surface area contributed by atoms with Gasteiger partial charge in [-0.05, 0) is 38.0 Å². The molecule has 2 rings (SSSR count). The quantitative estimate of drug-likeness (QED) is 0.842. The summed E-state index contributed by atoms with van der Waals surface area (Å²) in [7, 11) is -3.73. The molecular weight excluding hydrogens is 290 g/mol. The molecule has 3 N–H and O–H groups in total. The standard InChI is InChI=1S/C14H21N3O3S/c1-10-8-11(9-15)4-5-12(10)21(19,20)17-7-6-16-13(18)14(17,2)3/h4-5,8H,6-7,9,15H2,1-3H3,(H,16,18). The molecule has 1 saturated heterocycles. The van der Waals surface area contributed by atoms with Crippen molar-refractivity contribution >= 4 is 15.9 Å². The Labute approximate surface area is 125 Å². The zero-order chi connectivity index (χ0) is 15.8. The van der Waals surface area contributed by atoms with E-state index in [-0.39, 0.29) is 17.3 Å². The van der Waals surface area contributed by atoms with Gasteiger partial charge < -0.3 is 11.1 Å². The Kier molecular flexibility index (Phi) is 4.10. The summed E-state index contributed by atoms with van der Waals surface area (Å²) >= 11 is 0. The van der Waals surface area contributed by atoms with Gasteiger partial charge in [0.1, 0.15) is 5.54 Å². The lowest BCUT2D eigenvalue weighted by Crippen LogP contribution is -2.63. The van der Waals surface area contributed by atoms with Gasteiger partial charge in [-0.25, -0.2) is 8.42 Å². The molecule has 116 valence electrons. The maximum Gasteiger partial charge on any atom is 0.244 e. The van der Waals surface area contributed by atoms with E-state index in [1.807, 2.05) is 0 Å². The highest BCUT2D eigenvalue weighted by Gasteiger charge is 2.45. The molecule has 1 aliphatic heterocycles. The van der Waals surface area contributed by atoms with Crippen LogP contribution in [0.15, 0.2) is 23.1 Å². The number of piperazine rings is 1. The first-order chi connectivity index (χ1) is 9.71. The van der Waals surface area contributed by atoms with E-state index in [0.717, 1.165) is 5.56 Å². The summed E-state index contributed by atoms with van der Waals surface area (Å²) < 4.78 is 27.0. The van der Waals surface area contributed by atoms with Crippen LogP contribution >= 0.6 is 0 Å². The van der Waals surface area contributed by atoms with Crippen molar-refractivity contribution in [3.05, 3.63) is 29.3 Å². The molecule has 0 saturated carbocycles. The third-order valence-corrected chi connectivity index (χ3v) is 6.06. The second-order valence-corrected chi connectivity index (χ2v) is 7.53. The van der Waals surface area contributed by atoms with Crippen LogP contribution in [0.3, 0.4) is 0 Å². The van der Waals surface area contributed by atoms with Gasteiger partial charge in [0.15, 0.2) is 0 Å². The molecule has 0 spiro atoms. The van der Waals surface area contributed by atoms with E-state index >= 15 is 0 Å². The molecule has 1 aliphatic rings. The van der Waals surface area contributed by atoms with Crippen molar-refractivity contribution in [1.82, 2.24) is 9.62 Å². The van der Waals surface area contributed by atoms with Crippen molar-refractivity contribution in [3.8, 4) is 0 Å². The Bertz CT molecular complexity index is 668. The highest BCUT2D eigenvalue weighted by molar-refractivity contribution is 7.89. The van der Waals surface area contributed by atoms with Crippen molar-refractivity contribution in [1.29, 1.82) is 0 Å². The summed E-state index contributed by atoms with van der Waals surface area (Å²) in [6.07, 6.45) is 0. The number of hydrogen-bond acceptors (Lipinski definition) is 4. The minimum Gasteiger partial charge on any atom is -0.353 e. The van der Waals surface area contributed by atoms with Gasteiger partial charge in [0, 0.05) is 19.6 Å². The molecular formula is C14H21N3O3S. The summed E-state index contributed by atoms with van der Waals surface area (Å²) in [6, 6.07) is 5.04. The van der Waals surface area contributed by atoms with Crippen LogP contribution in [0.4, 0.5) is 0 Å². The van der Waals surface area contributed by atoms with E-state index in [2.05, 4.69) is 5.32 Å². The lowest BCUT2D eigenvalue weighted by atomic mass is 10.0. The average molecular weight is 311 g/mol. The second-order valence-electron chi connectivity index (χ2n) is 5.70. The van der Waals surface area contributed by atoms with E-state index in [0.29, 0.717) is 18.7 Å². The van der Waals surface area contributed by atoms with Gasteiger partial charge in [0.2, 0.25) is 15.9 Å². The molecule has 1 amide bonds. The second kappa shape index (κ2) is 5.40. The number of carbonyl (C=O) groups is 1. The minimum atomic E-state index is -3.73. The van der Waals surface area contributed by atoms with Crippen molar-refractivity contribution < 1.29 is 13.2 Å². The van der Waals surface area contributed by atoms with Crippen LogP contribution in [0.2, 0.25) is 0 Å². The fourth-order valence-corrected chi connectivity index (χ4v) is 4.51. The zero-order valence-electron chi connectivity index (χ0n) is 12.5. The molecule has 6 nitrogen and oxygen atoms in total. The van der Waals surface area contributed by atoms with E-state index in [1.54, 1.807) is 39.0 Å². The highest BCUT2D eigenvalue weighted by atomic mass is 32.2. The number of sulfonamides is 1. The number of amides is 1. The summed E-state index contributed by atoms with van der Waals surface area (Å²) in [4.78, 5) is 12.2. The minimum absolute atomic E-state index is 0.225. The van der Waals surface area contributed by atoms with E-state index < -0.39 is 15.6 Å². The normalized spacial score (nSPS) is 19.3. The van der Waals surface area contributed by atoms with Crippen LogP contribution < -0.4 is 11.1 Å². The number of benzene rings is 1. The molecule has 0 aliphatic carbocycles. The largest absolute Gasteiger partial charge is 0.353 e. The van der Waals surface area contributed by atoms with Crippen LogP contribution in [-0.4, -0.2) is 37.3 Å². The Morgan fingerprint density at radius 2 is 2.05 bits per heavy atom. The monoisotopic (exact) mass is 311 g/mol. The first kappa shape index (κ1) is 15.9. The Morgan fingerprint density at radius 3 is 2.62 bits per heavy atom. The van der Waals surface area contributed by atoms with Crippen molar-refractivity contribution in [3.63, 3.8) is 0 Å². The number of hydrogen-bond donors (Lipinski definition) is 2. The van der Waals surface area contributed by atoms with E-state index in [4.69, 9.17) is 5.73 Å². The Morgan fingerprint density at radius 1 is 1.38 bits per heavy atom. The third kappa shape index (κ3) is 2.68. The predicted octanol–water partition coefficient (Wildman–Crippen LogP) is 0.353. The molecule has 1 aromatic carbocycles. The molecule has 0 radical (unpaired) electrons. The Balaban J connectivity index is 2.49. The fraction of sp³-hybridized carbons (Fsp3) is 0.500. The molecule has 1 heterocycles. The third-order valence-electron chi connectivity index (χ3n) is 3.82. The van der Waals surface area contributed by atoms with E-state index in [9.17, 15) is 13.2 Å². The first-order valence-corrected chi connectivity index (χ1v) is 8.26. The molecule has 21 heavy (non-hydrogen) atoms. The zero-order valence-corrected chi connectivity index (χ0v) is 13.3. The van der Waals surface area contributed by atoms with Crippen LogP contribution in [0, 0.1) is 6.92 Å².